The molecule has 2 heterocycles. The van der Waals surface area contributed by atoms with Gasteiger partial charge in [-0.3, -0.25) is 4.90 Å². The summed E-state index contributed by atoms with van der Waals surface area (Å²) in [5.41, 5.74) is 0. The first-order valence-electron chi connectivity index (χ1n) is 5.61. The van der Waals surface area contributed by atoms with Crippen LogP contribution in [0.4, 0.5) is 5.95 Å². The summed E-state index contributed by atoms with van der Waals surface area (Å²) in [6.45, 7) is 2.47. The number of nitriles is 1. The average Bonchev–Trinajstić information content (AvgIpc) is 2.35. The SMILES string of the molecule is N#CCN1CCC(Nc2ncc(I)cn2)CC1. The van der Waals surface area contributed by atoms with E-state index in [-0.39, 0.29) is 0 Å². The molecule has 1 saturated heterocycles. The number of hydrogen-bond acceptors (Lipinski definition) is 5. The Hall–Kier alpha value is -0.940. The molecule has 0 amide bonds. The lowest BCUT2D eigenvalue weighted by atomic mass is 10.1. The Balaban J connectivity index is 1.82. The van der Waals surface area contributed by atoms with Gasteiger partial charge in [-0.15, -0.1) is 0 Å². The van der Waals surface area contributed by atoms with Gasteiger partial charge in [0.1, 0.15) is 0 Å². The average molecular weight is 343 g/mol. The molecule has 1 aromatic heterocycles. The highest BCUT2D eigenvalue weighted by Gasteiger charge is 2.19. The van der Waals surface area contributed by atoms with Crippen LogP contribution < -0.4 is 5.32 Å². The van der Waals surface area contributed by atoms with Crippen molar-refractivity contribution in [3.05, 3.63) is 16.0 Å². The van der Waals surface area contributed by atoms with Gasteiger partial charge in [0.05, 0.1) is 12.6 Å². The Morgan fingerprint density at radius 3 is 2.65 bits per heavy atom. The summed E-state index contributed by atoms with van der Waals surface area (Å²) >= 11 is 2.19. The molecule has 5 nitrogen and oxygen atoms in total. The van der Waals surface area contributed by atoms with Crippen LogP contribution in [-0.2, 0) is 0 Å². The van der Waals surface area contributed by atoms with Crippen LogP contribution >= 0.6 is 22.6 Å². The van der Waals surface area contributed by atoms with Gasteiger partial charge in [0.2, 0.25) is 5.95 Å². The van der Waals surface area contributed by atoms with Crippen LogP contribution in [0, 0.1) is 14.9 Å². The van der Waals surface area contributed by atoms with Crippen molar-refractivity contribution in [1.82, 2.24) is 14.9 Å². The predicted molar refractivity (Wildman–Crippen MR) is 73.4 cm³/mol. The highest BCUT2D eigenvalue weighted by molar-refractivity contribution is 14.1. The third-order valence-corrected chi connectivity index (χ3v) is 3.39. The number of rotatable bonds is 3. The van der Waals surface area contributed by atoms with Crippen molar-refractivity contribution in [2.45, 2.75) is 18.9 Å². The van der Waals surface area contributed by atoms with Gasteiger partial charge in [0, 0.05) is 35.1 Å². The second kappa shape index (κ2) is 6.12. The van der Waals surface area contributed by atoms with Gasteiger partial charge >= 0.3 is 0 Å². The lowest BCUT2D eigenvalue weighted by molar-refractivity contribution is 0.242. The van der Waals surface area contributed by atoms with E-state index in [4.69, 9.17) is 5.26 Å². The van der Waals surface area contributed by atoms with Crippen molar-refractivity contribution in [3.63, 3.8) is 0 Å². The maximum Gasteiger partial charge on any atom is 0.222 e. The summed E-state index contributed by atoms with van der Waals surface area (Å²) in [5, 5.41) is 12.0. The number of likely N-dealkylation sites (tertiary alicyclic amines) is 1. The minimum Gasteiger partial charge on any atom is -0.351 e. The highest BCUT2D eigenvalue weighted by Crippen LogP contribution is 2.13. The Labute approximate surface area is 114 Å². The lowest BCUT2D eigenvalue weighted by Gasteiger charge is -2.30. The number of piperidine rings is 1. The Morgan fingerprint density at radius 2 is 2.06 bits per heavy atom. The van der Waals surface area contributed by atoms with Crippen molar-refractivity contribution in [2.24, 2.45) is 0 Å². The van der Waals surface area contributed by atoms with Gasteiger partial charge in [-0.2, -0.15) is 5.26 Å². The monoisotopic (exact) mass is 343 g/mol. The molecule has 2 rings (SSSR count). The third kappa shape index (κ3) is 3.78. The number of halogens is 1. The van der Waals surface area contributed by atoms with E-state index in [0.29, 0.717) is 18.5 Å². The molecular formula is C11H14IN5. The highest BCUT2D eigenvalue weighted by atomic mass is 127. The summed E-state index contributed by atoms with van der Waals surface area (Å²) in [6.07, 6.45) is 5.69. The van der Waals surface area contributed by atoms with E-state index in [0.717, 1.165) is 29.5 Å². The summed E-state index contributed by atoms with van der Waals surface area (Å²) < 4.78 is 1.04. The number of anilines is 1. The van der Waals surface area contributed by atoms with Gasteiger partial charge in [0.25, 0.3) is 0 Å². The molecule has 0 radical (unpaired) electrons. The van der Waals surface area contributed by atoms with Crippen molar-refractivity contribution in [2.75, 3.05) is 25.0 Å². The van der Waals surface area contributed by atoms with E-state index < -0.39 is 0 Å². The fourth-order valence-corrected chi connectivity index (χ4v) is 2.18. The first-order chi connectivity index (χ1) is 8.28. The fourth-order valence-electron chi connectivity index (χ4n) is 1.90. The zero-order chi connectivity index (χ0) is 12.1. The molecular weight excluding hydrogens is 329 g/mol. The predicted octanol–water partition coefficient (Wildman–Crippen LogP) is 1.48. The first kappa shape index (κ1) is 12.5. The van der Waals surface area contributed by atoms with Gasteiger partial charge in [-0.05, 0) is 35.4 Å². The zero-order valence-corrected chi connectivity index (χ0v) is 11.6. The second-order valence-electron chi connectivity index (χ2n) is 4.08. The molecule has 90 valence electrons. The summed E-state index contributed by atoms with van der Waals surface area (Å²) in [6, 6.07) is 2.61. The maximum absolute atomic E-state index is 8.62. The zero-order valence-electron chi connectivity index (χ0n) is 9.43. The normalized spacial score (nSPS) is 17.6. The van der Waals surface area contributed by atoms with Crippen LogP contribution in [0.25, 0.3) is 0 Å². The van der Waals surface area contributed by atoms with Gasteiger partial charge in [0.15, 0.2) is 0 Å². The Kier molecular flexibility index (Phi) is 4.50. The van der Waals surface area contributed by atoms with Crippen LogP contribution in [0.15, 0.2) is 12.4 Å². The van der Waals surface area contributed by atoms with E-state index in [1.807, 2.05) is 0 Å². The van der Waals surface area contributed by atoms with Crippen LogP contribution in [0.2, 0.25) is 0 Å². The molecule has 0 aliphatic carbocycles. The largest absolute Gasteiger partial charge is 0.351 e. The quantitative estimate of drug-likeness (QED) is 0.665. The molecule has 1 N–H and O–H groups in total. The van der Waals surface area contributed by atoms with Crippen molar-refractivity contribution >= 4 is 28.5 Å². The molecule has 1 aromatic rings. The molecule has 0 atom stereocenters. The molecule has 0 aromatic carbocycles. The smallest absolute Gasteiger partial charge is 0.222 e. The molecule has 1 aliphatic rings. The molecule has 1 aliphatic heterocycles. The van der Waals surface area contributed by atoms with Gasteiger partial charge in [-0.1, -0.05) is 0 Å². The Morgan fingerprint density at radius 1 is 1.41 bits per heavy atom. The van der Waals surface area contributed by atoms with Gasteiger partial charge in [-0.25, -0.2) is 9.97 Å². The lowest BCUT2D eigenvalue weighted by Crippen LogP contribution is -2.39. The van der Waals surface area contributed by atoms with Gasteiger partial charge < -0.3 is 5.32 Å². The summed E-state index contributed by atoms with van der Waals surface area (Å²) in [4.78, 5) is 10.6. The summed E-state index contributed by atoms with van der Waals surface area (Å²) in [5.74, 6) is 0.698. The van der Waals surface area contributed by atoms with E-state index >= 15 is 0 Å². The van der Waals surface area contributed by atoms with Crippen LogP contribution in [0.1, 0.15) is 12.8 Å². The van der Waals surface area contributed by atoms with E-state index in [1.165, 1.54) is 0 Å². The minimum absolute atomic E-state index is 0.421. The molecule has 17 heavy (non-hydrogen) atoms. The number of nitrogens with zero attached hydrogens (tertiary/aromatic N) is 4. The number of aromatic nitrogens is 2. The van der Waals surface area contributed by atoms with Crippen molar-refractivity contribution < 1.29 is 0 Å². The molecule has 0 saturated carbocycles. The van der Waals surface area contributed by atoms with Crippen molar-refractivity contribution in [3.8, 4) is 6.07 Å². The molecule has 0 unspecified atom stereocenters. The molecule has 0 spiro atoms. The van der Waals surface area contributed by atoms with E-state index in [1.54, 1.807) is 12.4 Å². The number of nitrogens with one attached hydrogen (secondary N) is 1. The topological polar surface area (TPSA) is 64.8 Å². The standard InChI is InChI=1S/C11H14IN5/c12-9-7-14-11(15-8-9)16-10-1-4-17(5-2-10)6-3-13/h7-8,10H,1-2,4-6H2,(H,14,15,16). The summed E-state index contributed by atoms with van der Waals surface area (Å²) in [7, 11) is 0. The first-order valence-corrected chi connectivity index (χ1v) is 6.69. The molecule has 1 fully saturated rings. The molecule has 6 heteroatoms. The number of hydrogen-bond donors (Lipinski definition) is 1. The second-order valence-corrected chi connectivity index (χ2v) is 5.32. The Bertz CT molecular complexity index is 391. The van der Waals surface area contributed by atoms with Crippen LogP contribution in [0.3, 0.4) is 0 Å². The van der Waals surface area contributed by atoms with E-state index in [9.17, 15) is 0 Å². The minimum atomic E-state index is 0.421. The van der Waals surface area contributed by atoms with Crippen molar-refractivity contribution in [1.29, 1.82) is 5.26 Å². The fraction of sp³-hybridized carbons (Fsp3) is 0.545. The van der Waals surface area contributed by atoms with Crippen LogP contribution in [-0.4, -0.2) is 40.5 Å². The molecule has 0 bridgehead atoms. The maximum atomic E-state index is 8.62. The third-order valence-electron chi connectivity index (χ3n) is 2.84. The van der Waals surface area contributed by atoms with Crippen LogP contribution in [0.5, 0.6) is 0 Å². The van der Waals surface area contributed by atoms with E-state index in [2.05, 4.69) is 48.8 Å².